The van der Waals surface area contributed by atoms with Crippen molar-refractivity contribution >= 4 is 11.0 Å². The summed E-state index contributed by atoms with van der Waals surface area (Å²) in [5, 5.41) is 4.77. The van der Waals surface area contributed by atoms with Gasteiger partial charge in [-0.05, 0) is 43.9 Å². The smallest absolute Gasteiger partial charge is 0.176 e. The van der Waals surface area contributed by atoms with Crippen LogP contribution in [0.25, 0.3) is 11.0 Å². The van der Waals surface area contributed by atoms with Crippen LogP contribution in [0, 0.1) is 6.92 Å². The van der Waals surface area contributed by atoms with E-state index < -0.39 is 0 Å². The highest BCUT2D eigenvalue weighted by molar-refractivity contribution is 5.88. The van der Waals surface area contributed by atoms with E-state index in [1.165, 1.54) is 29.4 Å². The van der Waals surface area contributed by atoms with Gasteiger partial charge in [-0.3, -0.25) is 0 Å². The third kappa shape index (κ3) is 2.55. The van der Waals surface area contributed by atoms with E-state index in [0.29, 0.717) is 6.04 Å². The quantitative estimate of drug-likeness (QED) is 0.865. The monoisotopic (exact) mass is 273 g/mol. The molecule has 108 valence electrons. The van der Waals surface area contributed by atoms with Crippen LogP contribution in [0.15, 0.2) is 16.5 Å². The lowest BCUT2D eigenvalue weighted by atomic mass is 10.0. The lowest BCUT2D eigenvalue weighted by molar-refractivity contribution is 0.405. The van der Waals surface area contributed by atoms with Crippen molar-refractivity contribution in [2.45, 2.75) is 52.1 Å². The molecule has 3 nitrogen and oxygen atoms in total. The van der Waals surface area contributed by atoms with Gasteiger partial charge in [0.1, 0.15) is 5.76 Å². The number of hydrogen-bond acceptors (Lipinski definition) is 3. The molecule has 1 heterocycles. The van der Waals surface area contributed by atoms with Gasteiger partial charge in [0.05, 0.1) is 13.7 Å². The minimum atomic E-state index is 0.696. The molecule has 1 fully saturated rings. The first-order valence-electron chi connectivity index (χ1n) is 7.55. The molecule has 3 rings (SSSR count). The van der Waals surface area contributed by atoms with Crippen LogP contribution in [0.4, 0.5) is 0 Å². The minimum absolute atomic E-state index is 0.696. The Kier molecular flexibility index (Phi) is 3.70. The fourth-order valence-corrected chi connectivity index (χ4v) is 2.75. The lowest BCUT2D eigenvalue weighted by Crippen LogP contribution is -2.15. The van der Waals surface area contributed by atoms with E-state index in [9.17, 15) is 0 Å². The molecule has 1 saturated carbocycles. The molecule has 0 spiro atoms. The number of nitrogens with one attached hydrogen (secondary N) is 1. The average Bonchev–Trinajstić information content (AvgIpc) is 3.20. The Hall–Kier alpha value is -1.48. The number of furan rings is 1. The van der Waals surface area contributed by atoms with Crippen molar-refractivity contribution in [1.29, 1.82) is 0 Å². The SMILES string of the molecule is CCCc1c(CNC2CC2)oc2c(OC)cc(C)cc12. The molecule has 0 radical (unpaired) electrons. The number of fused-ring (bicyclic) bond motifs is 1. The summed E-state index contributed by atoms with van der Waals surface area (Å²) < 4.78 is 11.6. The van der Waals surface area contributed by atoms with Crippen LogP contribution >= 0.6 is 0 Å². The van der Waals surface area contributed by atoms with Gasteiger partial charge >= 0.3 is 0 Å². The van der Waals surface area contributed by atoms with Crippen molar-refractivity contribution in [2.75, 3.05) is 7.11 Å². The number of aryl methyl sites for hydroxylation is 2. The topological polar surface area (TPSA) is 34.4 Å². The van der Waals surface area contributed by atoms with Crippen molar-refractivity contribution in [3.8, 4) is 5.75 Å². The summed E-state index contributed by atoms with van der Waals surface area (Å²) in [6, 6.07) is 4.95. The van der Waals surface area contributed by atoms with Gasteiger partial charge < -0.3 is 14.5 Å². The summed E-state index contributed by atoms with van der Waals surface area (Å²) in [6.07, 6.45) is 4.78. The summed E-state index contributed by atoms with van der Waals surface area (Å²) in [5.74, 6) is 1.92. The molecule has 0 saturated heterocycles. The molecule has 20 heavy (non-hydrogen) atoms. The summed E-state index contributed by atoms with van der Waals surface area (Å²) in [5.41, 5.74) is 3.46. The van der Waals surface area contributed by atoms with Crippen LogP contribution in [0.2, 0.25) is 0 Å². The van der Waals surface area contributed by atoms with E-state index in [1.54, 1.807) is 7.11 Å². The molecule has 0 unspecified atom stereocenters. The maximum absolute atomic E-state index is 6.12. The van der Waals surface area contributed by atoms with Gasteiger partial charge in [0, 0.05) is 17.0 Å². The van der Waals surface area contributed by atoms with Gasteiger partial charge in [-0.25, -0.2) is 0 Å². The molecular formula is C17H23NO2. The zero-order valence-corrected chi connectivity index (χ0v) is 12.6. The van der Waals surface area contributed by atoms with E-state index in [1.807, 2.05) is 6.07 Å². The molecular weight excluding hydrogens is 250 g/mol. The predicted molar refractivity (Wildman–Crippen MR) is 81.4 cm³/mol. The van der Waals surface area contributed by atoms with Gasteiger partial charge in [-0.2, -0.15) is 0 Å². The van der Waals surface area contributed by atoms with Crippen molar-refractivity contribution in [1.82, 2.24) is 5.32 Å². The van der Waals surface area contributed by atoms with Crippen molar-refractivity contribution in [2.24, 2.45) is 0 Å². The fourth-order valence-electron chi connectivity index (χ4n) is 2.75. The third-order valence-electron chi connectivity index (χ3n) is 3.93. The molecule has 1 aromatic heterocycles. The van der Waals surface area contributed by atoms with Crippen LogP contribution in [0.1, 0.15) is 43.1 Å². The highest BCUT2D eigenvalue weighted by atomic mass is 16.5. The van der Waals surface area contributed by atoms with Crippen molar-refractivity contribution in [3.63, 3.8) is 0 Å². The Balaban J connectivity index is 2.04. The summed E-state index contributed by atoms with van der Waals surface area (Å²) in [4.78, 5) is 0. The van der Waals surface area contributed by atoms with Crippen LogP contribution < -0.4 is 10.1 Å². The number of hydrogen-bond donors (Lipinski definition) is 1. The second-order valence-corrected chi connectivity index (χ2v) is 5.75. The number of ether oxygens (including phenoxy) is 1. The van der Waals surface area contributed by atoms with E-state index in [-0.39, 0.29) is 0 Å². The molecule has 1 aromatic carbocycles. The molecule has 1 aliphatic rings. The summed E-state index contributed by atoms with van der Waals surface area (Å²) in [6.45, 7) is 5.15. The lowest BCUT2D eigenvalue weighted by Gasteiger charge is -2.03. The van der Waals surface area contributed by atoms with E-state index in [0.717, 1.165) is 36.5 Å². The van der Waals surface area contributed by atoms with Gasteiger partial charge in [0.25, 0.3) is 0 Å². The Labute approximate surface area is 120 Å². The molecule has 0 atom stereocenters. The van der Waals surface area contributed by atoms with Gasteiger partial charge in [0.2, 0.25) is 0 Å². The first-order valence-corrected chi connectivity index (χ1v) is 7.55. The van der Waals surface area contributed by atoms with Crippen LogP contribution in [0.5, 0.6) is 5.75 Å². The maximum Gasteiger partial charge on any atom is 0.176 e. The molecule has 0 amide bonds. The van der Waals surface area contributed by atoms with E-state index in [4.69, 9.17) is 9.15 Å². The zero-order valence-electron chi connectivity index (χ0n) is 12.6. The van der Waals surface area contributed by atoms with E-state index in [2.05, 4.69) is 25.2 Å². The Morgan fingerprint density at radius 1 is 1.35 bits per heavy atom. The van der Waals surface area contributed by atoms with E-state index >= 15 is 0 Å². The predicted octanol–water partition coefficient (Wildman–Crippen LogP) is 3.95. The average molecular weight is 273 g/mol. The normalized spacial score (nSPS) is 14.9. The Morgan fingerprint density at radius 3 is 2.80 bits per heavy atom. The second kappa shape index (κ2) is 5.49. The zero-order chi connectivity index (χ0) is 14.1. The second-order valence-electron chi connectivity index (χ2n) is 5.75. The highest BCUT2D eigenvalue weighted by Crippen LogP contribution is 2.35. The molecule has 0 aliphatic heterocycles. The largest absolute Gasteiger partial charge is 0.493 e. The van der Waals surface area contributed by atoms with Crippen molar-refractivity contribution in [3.05, 3.63) is 29.0 Å². The number of methoxy groups -OCH3 is 1. The first-order chi connectivity index (χ1) is 9.72. The summed E-state index contributed by atoms with van der Waals surface area (Å²) in [7, 11) is 1.71. The highest BCUT2D eigenvalue weighted by Gasteiger charge is 2.23. The van der Waals surface area contributed by atoms with Crippen LogP contribution in [-0.2, 0) is 13.0 Å². The first kappa shape index (κ1) is 13.5. The van der Waals surface area contributed by atoms with Gasteiger partial charge in [-0.1, -0.05) is 13.3 Å². The van der Waals surface area contributed by atoms with Gasteiger partial charge in [0.15, 0.2) is 11.3 Å². The Morgan fingerprint density at radius 2 is 2.15 bits per heavy atom. The maximum atomic E-state index is 6.12. The molecule has 1 aliphatic carbocycles. The van der Waals surface area contributed by atoms with Crippen LogP contribution in [-0.4, -0.2) is 13.2 Å². The van der Waals surface area contributed by atoms with Crippen molar-refractivity contribution < 1.29 is 9.15 Å². The minimum Gasteiger partial charge on any atom is -0.493 e. The third-order valence-corrected chi connectivity index (χ3v) is 3.93. The molecule has 3 heteroatoms. The molecule has 1 N–H and O–H groups in total. The van der Waals surface area contributed by atoms with Gasteiger partial charge in [-0.15, -0.1) is 0 Å². The number of rotatable bonds is 6. The standard InChI is InChI=1S/C17H23NO2/c1-4-5-13-14-8-11(2)9-15(19-3)17(14)20-16(13)10-18-12-6-7-12/h8-9,12,18H,4-7,10H2,1-3H3. The summed E-state index contributed by atoms with van der Waals surface area (Å²) >= 11 is 0. The molecule has 0 bridgehead atoms. The Bertz CT molecular complexity index is 611. The van der Waals surface area contributed by atoms with Crippen LogP contribution in [0.3, 0.4) is 0 Å². The number of benzene rings is 1. The fraction of sp³-hybridized carbons (Fsp3) is 0.529. The molecule has 2 aromatic rings.